The highest BCUT2D eigenvalue weighted by Crippen LogP contribution is 2.43. The number of nitrogens with zero attached hydrogens (tertiary/aromatic N) is 1. The summed E-state index contributed by atoms with van der Waals surface area (Å²) in [5.74, 6) is -2.48. The van der Waals surface area contributed by atoms with Gasteiger partial charge >= 0.3 is 12.1 Å². The Kier molecular flexibility index (Phi) is 8.57. The second kappa shape index (κ2) is 11.2. The number of carboxylic acids is 1. The molecule has 5 nitrogen and oxygen atoms in total. The standard InChI is InChI=1S/C21H20ClN3S2.C2HF3O2/c1-2-6-15-19-21(27-20(15)14-8-3-4-9-16(14)23)17(11-18(22)25-19)24-12-13-7-5-10-26-13;3-2(4,5)1(6)7/h3-7,10-11,14,16H,1,8-9,12,23H2,(H,24,25);(H,6,7)/t14-,16-;/m0./s1. The van der Waals surface area contributed by atoms with Crippen LogP contribution in [0.4, 0.5) is 18.9 Å². The summed E-state index contributed by atoms with van der Waals surface area (Å²) >= 11 is 9.84. The molecule has 0 aliphatic heterocycles. The largest absolute Gasteiger partial charge is 0.490 e. The highest BCUT2D eigenvalue weighted by atomic mass is 35.5. The zero-order valence-corrected chi connectivity index (χ0v) is 20.1. The number of rotatable bonds is 5. The van der Waals surface area contributed by atoms with Crippen molar-refractivity contribution in [2.45, 2.75) is 37.5 Å². The Hall–Kier alpha value is -2.62. The highest BCUT2D eigenvalue weighted by molar-refractivity contribution is 7.20. The molecule has 0 saturated heterocycles. The van der Waals surface area contributed by atoms with Gasteiger partial charge in [-0.2, -0.15) is 13.2 Å². The topological polar surface area (TPSA) is 88.2 Å². The maximum absolute atomic E-state index is 10.6. The number of anilines is 1. The number of halogens is 4. The minimum absolute atomic E-state index is 0.109. The Morgan fingerprint density at radius 3 is 2.71 bits per heavy atom. The number of allylic oxidation sites excluding steroid dienone is 1. The van der Waals surface area contributed by atoms with Gasteiger partial charge < -0.3 is 16.2 Å². The number of aromatic nitrogens is 1. The van der Waals surface area contributed by atoms with Gasteiger partial charge in [-0.15, -0.1) is 28.4 Å². The van der Waals surface area contributed by atoms with Crippen LogP contribution in [0.15, 0.2) is 48.0 Å². The molecule has 1 aliphatic carbocycles. The van der Waals surface area contributed by atoms with Crippen LogP contribution in [0.3, 0.4) is 0 Å². The van der Waals surface area contributed by atoms with E-state index in [-0.39, 0.29) is 12.0 Å². The lowest BCUT2D eigenvalue weighted by Crippen LogP contribution is -2.29. The van der Waals surface area contributed by atoms with Gasteiger partial charge in [0.2, 0.25) is 0 Å². The quantitative estimate of drug-likeness (QED) is 0.192. The van der Waals surface area contributed by atoms with Crippen molar-refractivity contribution in [3.05, 3.63) is 68.5 Å². The summed E-state index contributed by atoms with van der Waals surface area (Å²) in [6.07, 6.45) is 3.05. The third-order valence-corrected chi connectivity index (χ3v) is 7.44. The summed E-state index contributed by atoms with van der Waals surface area (Å²) in [5.41, 5.74) is 12.3. The molecule has 0 spiro atoms. The van der Waals surface area contributed by atoms with Crippen molar-refractivity contribution in [2.75, 3.05) is 5.32 Å². The van der Waals surface area contributed by atoms with Crippen LogP contribution < -0.4 is 11.1 Å². The van der Waals surface area contributed by atoms with Gasteiger partial charge in [0.25, 0.3) is 0 Å². The average Bonchev–Trinajstić information content (AvgIpc) is 3.41. The number of nitrogens with one attached hydrogen (secondary N) is 1. The third-order valence-electron chi connectivity index (χ3n) is 5.01. The summed E-state index contributed by atoms with van der Waals surface area (Å²) in [6.45, 7) is 4.53. The molecule has 0 bridgehead atoms. The zero-order chi connectivity index (χ0) is 24.9. The van der Waals surface area contributed by atoms with Crippen molar-refractivity contribution in [2.24, 2.45) is 5.73 Å². The number of alkyl halides is 3. The van der Waals surface area contributed by atoms with E-state index in [1.54, 1.807) is 22.7 Å². The lowest BCUT2D eigenvalue weighted by atomic mass is 9.87. The van der Waals surface area contributed by atoms with Crippen molar-refractivity contribution in [1.82, 2.24) is 4.98 Å². The molecule has 0 fully saturated rings. The van der Waals surface area contributed by atoms with E-state index >= 15 is 0 Å². The first-order valence-electron chi connectivity index (χ1n) is 10.1. The van der Waals surface area contributed by atoms with Gasteiger partial charge in [0.15, 0.2) is 0 Å². The maximum atomic E-state index is 10.6. The number of hydrogen-bond acceptors (Lipinski definition) is 6. The fourth-order valence-corrected chi connectivity index (χ4v) is 5.69. The molecular weight excluding hydrogens is 507 g/mol. The number of fused-ring (bicyclic) bond motifs is 1. The van der Waals surface area contributed by atoms with Crippen LogP contribution in [-0.4, -0.2) is 28.3 Å². The molecule has 0 amide bonds. The van der Waals surface area contributed by atoms with Crippen LogP contribution in [0.1, 0.15) is 34.1 Å². The van der Waals surface area contributed by atoms with E-state index in [1.165, 1.54) is 9.75 Å². The van der Waals surface area contributed by atoms with Crippen LogP contribution in [0.2, 0.25) is 5.15 Å². The van der Waals surface area contributed by atoms with Crippen LogP contribution in [-0.2, 0) is 11.3 Å². The van der Waals surface area contributed by atoms with Crippen LogP contribution in [0, 0.1) is 0 Å². The average molecular weight is 528 g/mol. The van der Waals surface area contributed by atoms with Gasteiger partial charge in [0.05, 0.1) is 15.9 Å². The molecule has 3 aromatic rings. The first kappa shape index (κ1) is 26.0. The molecule has 1 aliphatic rings. The zero-order valence-electron chi connectivity index (χ0n) is 17.7. The van der Waals surface area contributed by atoms with Crippen LogP contribution in [0.25, 0.3) is 16.3 Å². The fraction of sp³-hybridized carbons (Fsp3) is 0.261. The fourth-order valence-electron chi connectivity index (χ4n) is 3.45. The minimum Gasteiger partial charge on any atom is -0.475 e. The molecule has 11 heteroatoms. The number of aliphatic carboxylic acids is 1. The molecule has 180 valence electrons. The van der Waals surface area contributed by atoms with Gasteiger partial charge in [-0.05, 0) is 30.4 Å². The number of thiophene rings is 2. The van der Waals surface area contributed by atoms with E-state index < -0.39 is 12.1 Å². The Morgan fingerprint density at radius 2 is 2.12 bits per heavy atom. The molecule has 0 saturated carbocycles. The Bertz CT molecular complexity index is 1230. The lowest BCUT2D eigenvalue weighted by molar-refractivity contribution is -0.192. The second-order valence-corrected chi connectivity index (χ2v) is 9.82. The molecule has 2 atom stereocenters. The van der Waals surface area contributed by atoms with Gasteiger partial charge in [-0.3, -0.25) is 0 Å². The number of carboxylic acid groups (broad SMARTS) is 1. The first-order chi connectivity index (χ1) is 16.1. The minimum atomic E-state index is -5.08. The predicted octanol–water partition coefficient (Wildman–Crippen LogP) is 6.82. The summed E-state index contributed by atoms with van der Waals surface area (Å²) in [5, 5.41) is 13.2. The normalized spacial score (nSPS) is 17.6. The van der Waals surface area contributed by atoms with E-state index in [1.807, 2.05) is 12.1 Å². The molecule has 0 aromatic carbocycles. The smallest absolute Gasteiger partial charge is 0.475 e. The molecule has 0 unspecified atom stereocenters. The molecule has 3 heterocycles. The maximum Gasteiger partial charge on any atom is 0.490 e. The SMILES string of the molecule is C=C=Cc1c([C@H]2CC=CC[C@@H]2N)sc2c(NCc3cccs3)cc(Cl)nc12.O=C(O)C(F)(F)F. The molecule has 3 aromatic heterocycles. The highest BCUT2D eigenvalue weighted by Gasteiger charge is 2.38. The van der Waals surface area contributed by atoms with E-state index in [9.17, 15) is 13.2 Å². The van der Waals surface area contributed by atoms with Crippen molar-refractivity contribution in [3.63, 3.8) is 0 Å². The van der Waals surface area contributed by atoms with E-state index in [0.717, 1.165) is 40.9 Å². The van der Waals surface area contributed by atoms with E-state index in [4.69, 9.17) is 27.2 Å². The summed E-state index contributed by atoms with van der Waals surface area (Å²) in [4.78, 5) is 16.0. The van der Waals surface area contributed by atoms with Crippen LogP contribution >= 0.6 is 34.3 Å². The van der Waals surface area contributed by atoms with E-state index in [2.05, 4.69) is 52.3 Å². The first-order valence-corrected chi connectivity index (χ1v) is 12.1. The van der Waals surface area contributed by atoms with Crippen molar-refractivity contribution in [1.29, 1.82) is 0 Å². The van der Waals surface area contributed by atoms with Crippen molar-refractivity contribution < 1.29 is 23.1 Å². The number of carbonyl (C=O) groups is 1. The number of pyridine rings is 1. The van der Waals surface area contributed by atoms with E-state index in [0.29, 0.717) is 5.15 Å². The predicted molar refractivity (Wildman–Crippen MR) is 133 cm³/mol. The van der Waals surface area contributed by atoms with Gasteiger partial charge in [0.1, 0.15) is 5.15 Å². The van der Waals surface area contributed by atoms with Gasteiger partial charge in [0, 0.05) is 39.9 Å². The molecule has 0 radical (unpaired) electrons. The lowest BCUT2D eigenvalue weighted by Gasteiger charge is -2.24. The second-order valence-electron chi connectivity index (χ2n) is 7.35. The molecule has 34 heavy (non-hydrogen) atoms. The van der Waals surface area contributed by atoms with Gasteiger partial charge in [-0.25, -0.2) is 9.78 Å². The third kappa shape index (κ3) is 6.28. The monoisotopic (exact) mass is 527 g/mol. The Labute approximate surface area is 207 Å². The number of hydrogen-bond donors (Lipinski definition) is 3. The van der Waals surface area contributed by atoms with Crippen molar-refractivity contribution >= 4 is 62.2 Å². The van der Waals surface area contributed by atoms with Crippen LogP contribution in [0.5, 0.6) is 0 Å². The molecular formula is C23H21ClF3N3O2S2. The Morgan fingerprint density at radius 1 is 1.41 bits per heavy atom. The van der Waals surface area contributed by atoms with Crippen molar-refractivity contribution in [3.8, 4) is 0 Å². The molecule has 4 rings (SSSR count). The van der Waals surface area contributed by atoms with Gasteiger partial charge in [-0.1, -0.05) is 36.4 Å². The summed E-state index contributed by atoms with van der Waals surface area (Å²) in [6, 6.07) is 6.19. The summed E-state index contributed by atoms with van der Waals surface area (Å²) in [7, 11) is 0. The number of nitrogens with two attached hydrogens (primary N) is 1. The summed E-state index contributed by atoms with van der Waals surface area (Å²) < 4.78 is 32.8. The Balaban J connectivity index is 0.000000406. The molecule has 4 N–H and O–H groups in total.